The van der Waals surface area contributed by atoms with Crippen LogP contribution in [0.5, 0.6) is 0 Å². The molecule has 1 aliphatic carbocycles. The van der Waals surface area contributed by atoms with Crippen LogP contribution in [0.3, 0.4) is 0 Å². The summed E-state index contributed by atoms with van der Waals surface area (Å²) in [6.07, 6.45) is 9.72. The van der Waals surface area contributed by atoms with Gasteiger partial charge in [0, 0.05) is 12.6 Å². The SMILES string of the molecule is CCCN(CCC)CC1CCCCCC1NCC. The fourth-order valence-electron chi connectivity index (χ4n) is 3.39. The van der Waals surface area contributed by atoms with Crippen LogP contribution in [0.2, 0.25) is 0 Å². The Morgan fingerprint density at radius 1 is 0.944 bits per heavy atom. The lowest BCUT2D eigenvalue weighted by atomic mass is 9.94. The third kappa shape index (κ3) is 5.71. The van der Waals surface area contributed by atoms with Crippen molar-refractivity contribution in [3.8, 4) is 0 Å². The Labute approximate surface area is 115 Å². The zero-order chi connectivity index (χ0) is 13.2. The summed E-state index contributed by atoms with van der Waals surface area (Å²) in [6, 6.07) is 0.772. The molecule has 1 rings (SSSR count). The summed E-state index contributed by atoms with van der Waals surface area (Å²) in [5, 5.41) is 3.74. The van der Waals surface area contributed by atoms with E-state index < -0.39 is 0 Å². The number of nitrogens with one attached hydrogen (secondary N) is 1. The Balaban J connectivity index is 2.51. The minimum Gasteiger partial charge on any atom is -0.314 e. The zero-order valence-corrected chi connectivity index (χ0v) is 12.9. The van der Waals surface area contributed by atoms with Gasteiger partial charge in [-0.15, -0.1) is 0 Å². The van der Waals surface area contributed by atoms with Crippen LogP contribution in [0.25, 0.3) is 0 Å². The van der Waals surface area contributed by atoms with Crippen LogP contribution in [0.1, 0.15) is 65.7 Å². The Morgan fingerprint density at radius 2 is 1.61 bits per heavy atom. The first-order valence-electron chi connectivity index (χ1n) is 8.27. The van der Waals surface area contributed by atoms with Crippen molar-refractivity contribution in [3.63, 3.8) is 0 Å². The van der Waals surface area contributed by atoms with Crippen molar-refractivity contribution in [1.29, 1.82) is 0 Å². The summed E-state index contributed by atoms with van der Waals surface area (Å²) >= 11 is 0. The van der Waals surface area contributed by atoms with Gasteiger partial charge in [0.25, 0.3) is 0 Å². The van der Waals surface area contributed by atoms with Gasteiger partial charge in [-0.2, -0.15) is 0 Å². The number of hydrogen-bond acceptors (Lipinski definition) is 2. The Morgan fingerprint density at radius 3 is 2.22 bits per heavy atom. The van der Waals surface area contributed by atoms with Crippen LogP contribution < -0.4 is 5.32 Å². The maximum Gasteiger partial charge on any atom is 0.0107 e. The molecule has 0 heterocycles. The highest BCUT2D eigenvalue weighted by Gasteiger charge is 2.24. The molecule has 2 unspecified atom stereocenters. The maximum atomic E-state index is 3.74. The van der Waals surface area contributed by atoms with Gasteiger partial charge < -0.3 is 10.2 Å². The topological polar surface area (TPSA) is 15.3 Å². The lowest BCUT2D eigenvalue weighted by Crippen LogP contribution is -2.42. The van der Waals surface area contributed by atoms with Crippen LogP contribution >= 0.6 is 0 Å². The summed E-state index contributed by atoms with van der Waals surface area (Å²) in [4.78, 5) is 2.69. The van der Waals surface area contributed by atoms with Crippen LogP contribution in [-0.2, 0) is 0 Å². The summed E-state index contributed by atoms with van der Waals surface area (Å²) in [5.74, 6) is 0.880. The van der Waals surface area contributed by atoms with Crippen molar-refractivity contribution in [1.82, 2.24) is 10.2 Å². The number of nitrogens with zero attached hydrogens (tertiary/aromatic N) is 1. The third-order valence-electron chi connectivity index (χ3n) is 4.20. The fraction of sp³-hybridized carbons (Fsp3) is 1.00. The molecule has 2 nitrogen and oxygen atoms in total. The molecule has 0 spiro atoms. The van der Waals surface area contributed by atoms with E-state index in [1.165, 1.54) is 64.6 Å². The molecule has 1 saturated carbocycles. The van der Waals surface area contributed by atoms with Crippen molar-refractivity contribution >= 4 is 0 Å². The molecule has 108 valence electrons. The minimum absolute atomic E-state index is 0.772. The first-order valence-corrected chi connectivity index (χ1v) is 8.27. The second-order valence-electron chi connectivity index (χ2n) is 5.86. The average Bonchev–Trinajstić information content (AvgIpc) is 2.57. The van der Waals surface area contributed by atoms with E-state index in [-0.39, 0.29) is 0 Å². The lowest BCUT2D eigenvalue weighted by molar-refractivity contribution is 0.194. The maximum absolute atomic E-state index is 3.74. The molecule has 0 amide bonds. The summed E-state index contributed by atoms with van der Waals surface area (Å²) in [7, 11) is 0. The van der Waals surface area contributed by atoms with Gasteiger partial charge in [-0.05, 0) is 51.2 Å². The van der Waals surface area contributed by atoms with Crippen molar-refractivity contribution in [3.05, 3.63) is 0 Å². The molecular formula is C16H34N2. The van der Waals surface area contributed by atoms with Gasteiger partial charge in [-0.3, -0.25) is 0 Å². The van der Waals surface area contributed by atoms with Crippen molar-refractivity contribution in [2.45, 2.75) is 71.8 Å². The van der Waals surface area contributed by atoms with E-state index in [4.69, 9.17) is 0 Å². The predicted molar refractivity (Wildman–Crippen MR) is 81.1 cm³/mol. The molecule has 2 heteroatoms. The van der Waals surface area contributed by atoms with Crippen molar-refractivity contribution < 1.29 is 0 Å². The number of rotatable bonds is 8. The highest BCUT2D eigenvalue weighted by molar-refractivity contribution is 4.81. The minimum atomic E-state index is 0.772. The van der Waals surface area contributed by atoms with E-state index in [9.17, 15) is 0 Å². The van der Waals surface area contributed by atoms with E-state index >= 15 is 0 Å². The summed E-state index contributed by atoms with van der Waals surface area (Å²) in [6.45, 7) is 11.9. The third-order valence-corrected chi connectivity index (χ3v) is 4.20. The van der Waals surface area contributed by atoms with Gasteiger partial charge in [-0.1, -0.05) is 40.0 Å². The Hall–Kier alpha value is -0.0800. The zero-order valence-electron chi connectivity index (χ0n) is 12.9. The molecule has 1 aliphatic rings. The quantitative estimate of drug-likeness (QED) is 0.665. The van der Waals surface area contributed by atoms with Crippen LogP contribution in [-0.4, -0.2) is 37.1 Å². The van der Waals surface area contributed by atoms with Gasteiger partial charge >= 0.3 is 0 Å². The molecule has 0 aliphatic heterocycles. The Kier molecular flexibility index (Phi) is 8.70. The average molecular weight is 254 g/mol. The fourth-order valence-corrected chi connectivity index (χ4v) is 3.39. The molecule has 0 saturated heterocycles. The van der Waals surface area contributed by atoms with Gasteiger partial charge in [0.2, 0.25) is 0 Å². The molecule has 1 fully saturated rings. The van der Waals surface area contributed by atoms with E-state index in [1.807, 2.05) is 0 Å². The molecule has 0 aromatic rings. The van der Waals surface area contributed by atoms with Crippen LogP contribution in [0.4, 0.5) is 0 Å². The van der Waals surface area contributed by atoms with E-state index in [0.29, 0.717) is 0 Å². The van der Waals surface area contributed by atoms with E-state index in [1.54, 1.807) is 0 Å². The molecule has 18 heavy (non-hydrogen) atoms. The molecular weight excluding hydrogens is 220 g/mol. The van der Waals surface area contributed by atoms with Gasteiger partial charge in [0.05, 0.1) is 0 Å². The van der Waals surface area contributed by atoms with E-state index in [2.05, 4.69) is 31.0 Å². The molecule has 0 radical (unpaired) electrons. The smallest absolute Gasteiger partial charge is 0.0107 e. The standard InChI is InChI=1S/C16H34N2/c1-4-12-18(13-5-2)14-15-10-8-7-9-11-16(15)17-6-3/h15-17H,4-14H2,1-3H3. The predicted octanol–water partition coefficient (Wildman–Crippen LogP) is 3.67. The summed E-state index contributed by atoms with van der Waals surface area (Å²) < 4.78 is 0. The molecule has 2 atom stereocenters. The van der Waals surface area contributed by atoms with Crippen LogP contribution in [0.15, 0.2) is 0 Å². The highest BCUT2D eigenvalue weighted by atomic mass is 15.1. The summed E-state index contributed by atoms with van der Waals surface area (Å²) in [5.41, 5.74) is 0. The lowest BCUT2D eigenvalue weighted by Gasteiger charge is -2.31. The van der Waals surface area contributed by atoms with Crippen molar-refractivity contribution in [2.75, 3.05) is 26.2 Å². The van der Waals surface area contributed by atoms with Gasteiger partial charge in [0.15, 0.2) is 0 Å². The first kappa shape index (κ1) is 16.0. The second kappa shape index (κ2) is 9.80. The first-order chi connectivity index (χ1) is 8.81. The monoisotopic (exact) mass is 254 g/mol. The highest BCUT2D eigenvalue weighted by Crippen LogP contribution is 2.24. The molecule has 0 aromatic carbocycles. The van der Waals surface area contributed by atoms with Gasteiger partial charge in [-0.25, -0.2) is 0 Å². The molecule has 1 N–H and O–H groups in total. The van der Waals surface area contributed by atoms with Gasteiger partial charge in [0.1, 0.15) is 0 Å². The Bertz CT molecular complexity index is 188. The second-order valence-corrected chi connectivity index (χ2v) is 5.86. The van der Waals surface area contributed by atoms with Crippen LogP contribution in [0, 0.1) is 5.92 Å². The normalized spacial score (nSPS) is 25.3. The largest absolute Gasteiger partial charge is 0.314 e. The van der Waals surface area contributed by atoms with Crippen molar-refractivity contribution in [2.24, 2.45) is 5.92 Å². The van der Waals surface area contributed by atoms with E-state index in [0.717, 1.165) is 18.5 Å². The molecule has 0 aromatic heterocycles. The molecule has 0 bridgehead atoms. The number of hydrogen-bond donors (Lipinski definition) is 1.